The third-order valence-corrected chi connectivity index (χ3v) is 13.1. The van der Waals surface area contributed by atoms with Crippen LogP contribution in [-0.4, -0.2) is 0 Å². The van der Waals surface area contributed by atoms with Crippen molar-refractivity contribution >= 4 is 82.9 Å². The Balaban J connectivity index is 1.00. The number of anilines is 3. The zero-order valence-corrected chi connectivity index (χ0v) is 33.6. The zero-order chi connectivity index (χ0) is 40.4. The molecule has 0 saturated heterocycles. The van der Waals surface area contributed by atoms with E-state index in [9.17, 15) is 0 Å². The monoisotopic (exact) mass is 783 g/mol. The molecule has 0 atom stereocenters. The second-order valence-electron chi connectivity index (χ2n) is 16.8. The molecule has 0 saturated carbocycles. The summed E-state index contributed by atoms with van der Waals surface area (Å²) < 4.78 is 19.7. The molecule has 0 N–H and O–H groups in total. The van der Waals surface area contributed by atoms with Crippen LogP contribution in [0.15, 0.2) is 201 Å². The minimum atomic E-state index is -0.160. The van der Waals surface area contributed by atoms with E-state index in [-0.39, 0.29) is 5.41 Å². The van der Waals surface area contributed by atoms with Gasteiger partial charge in [-0.15, -0.1) is 0 Å². The molecular weight excluding hydrogens is 747 g/mol. The quantitative estimate of drug-likeness (QED) is 0.174. The van der Waals surface area contributed by atoms with Crippen LogP contribution in [0, 0.1) is 0 Å². The average molecular weight is 784 g/mol. The highest BCUT2D eigenvalue weighted by atomic mass is 16.3. The average Bonchev–Trinajstić information content (AvgIpc) is 4.04. The van der Waals surface area contributed by atoms with Gasteiger partial charge in [-0.1, -0.05) is 135 Å². The van der Waals surface area contributed by atoms with Crippen LogP contribution in [-0.2, 0) is 5.41 Å². The fourth-order valence-corrected chi connectivity index (χ4v) is 10.1. The Labute approximate surface area is 351 Å². The summed E-state index contributed by atoms with van der Waals surface area (Å²) in [4.78, 5) is 2.39. The zero-order valence-electron chi connectivity index (χ0n) is 33.6. The molecule has 0 radical (unpaired) electrons. The molecule has 0 unspecified atom stereocenters. The van der Waals surface area contributed by atoms with Crippen molar-refractivity contribution in [1.82, 2.24) is 0 Å². The van der Waals surface area contributed by atoms with Crippen LogP contribution in [0.1, 0.15) is 25.0 Å². The Morgan fingerprint density at radius 2 is 1.00 bits per heavy atom. The summed E-state index contributed by atoms with van der Waals surface area (Å²) in [5, 5.41) is 6.40. The molecule has 288 valence electrons. The van der Waals surface area contributed by atoms with Crippen molar-refractivity contribution in [2.45, 2.75) is 19.3 Å². The van der Waals surface area contributed by atoms with Gasteiger partial charge in [-0.05, 0) is 106 Å². The second kappa shape index (κ2) is 12.6. The van der Waals surface area contributed by atoms with Gasteiger partial charge >= 0.3 is 0 Å². The maximum Gasteiger partial charge on any atom is 0.143 e. The summed E-state index contributed by atoms with van der Waals surface area (Å²) in [6, 6.07) is 67.0. The fraction of sp³-hybridized carbons (Fsp3) is 0.0526. The molecule has 0 bridgehead atoms. The highest BCUT2D eigenvalue weighted by molar-refractivity contribution is 6.19. The van der Waals surface area contributed by atoms with Crippen LogP contribution in [0.2, 0.25) is 0 Å². The molecule has 3 aromatic heterocycles. The van der Waals surface area contributed by atoms with Gasteiger partial charge in [0.25, 0.3) is 0 Å². The third kappa shape index (κ3) is 5.00. The van der Waals surface area contributed by atoms with E-state index >= 15 is 0 Å². The van der Waals surface area contributed by atoms with Gasteiger partial charge in [0.2, 0.25) is 0 Å². The smallest absolute Gasteiger partial charge is 0.143 e. The maximum absolute atomic E-state index is 6.78. The van der Waals surface area contributed by atoms with E-state index < -0.39 is 0 Å². The van der Waals surface area contributed by atoms with Gasteiger partial charge in [0.15, 0.2) is 0 Å². The molecule has 12 aromatic rings. The first-order valence-corrected chi connectivity index (χ1v) is 20.9. The molecule has 4 heteroatoms. The number of hydrogen-bond acceptors (Lipinski definition) is 4. The molecule has 4 nitrogen and oxygen atoms in total. The summed E-state index contributed by atoms with van der Waals surface area (Å²) in [7, 11) is 0. The van der Waals surface area contributed by atoms with Gasteiger partial charge in [0.1, 0.15) is 33.5 Å². The molecular formula is C57H37NO3. The largest absolute Gasteiger partial charge is 0.456 e. The van der Waals surface area contributed by atoms with E-state index in [0.717, 1.165) is 105 Å². The Hall–Kier alpha value is -7.82. The van der Waals surface area contributed by atoms with Gasteiger partial charge in [0.05, 0.1) is 11.1 Å². The van der Waals surface area contributed by atoms with Crippen LogP contribution in [0.3, 0.4) is 0 Å². The van der Waals surface area contributed by atoms with E-state index in [0.29, 0.717) is 0 Å². The molecule has 13 rings (SSSR count). The predicted octanol–water partition coefficient (Wildman–Crippen LogP) is 16.5. The lowest BCUT2D eigenvalue weighted by molar-refractivity contribution is 0.660. The van der Waals surface area contributed by atoms with Gasteiger partial charge in [-0.25, -0.2) is 0 Å². The fourth-order valence-electron chi connectivity index (χ4n) is 10.1. The Kier molecular flexibility index (Phi) is 7.04. The second-order valence-corrected chi connectivity index (χ2v) is 16.8. The van der Waals surface area contributed by atoms with Gasteiger partial charge in [-0.2, -0.15) is 0 Å². The normalized spacial score (nSPS) is 13.2. The van der Waals surface area contributed by atoms with Crippen LogP contribution in [0.5, 0.6) is 0 Å². The Morgan fingerprint density at radius 3 is 1.90 bits per heavy atom. The number of hydrogen-bond donors (Lipinski definition) is 0. The van der Waals surface area contributed by atoms with Crippen LogP contribution >= 0.6 is 0 Å². The number of nitrogens with zero attached hydrogens (tertiary/aromatic N) is 1. The van der Waals surface area contributed by atoms with Crippen LogP contribution in [0.25, 0.3) is 99.2 Å². The van der Waals surface area contributed by atoms with Crippen molar-refractivity contribution in [3.8, 4) is 33.4 Å². The first kappa shape index (κ1) is 34.1. The first-order valence-electron chi connectivity index (χ1n) is 20.9. The molecule has 0 fully saturated rings. The summed E-state index contributed by atoms with van der Waals surface area (Å²) in [5.41, 5.74) is 17.9. The molecule has 0 aliphatic heterocycles. The van der Waals surface area contributed by atoms with Crippen LogP contribution < -0.4 is 4.90 Å². The Bertz CT molecular complexity index is 3730. The number of fused-ring (bicyclic) bond motifs is 12. The molecule has 61 heavy (non-hydrogen) atoms. The van der Waals surface area contributed by atoms with Crippen molar-refractivity contribution < 1.29 is 13.3 Å². The molecule has 1 aliphatic carbocycles. The molecule has 9 aromatic carbocycles. The van der Waals surface area contributed by atoms with E-state index in [1.807, 2.05) is 18.2 Å². The number of para-hydroxylation sites is 2. The summed E-state index contributed by atoms with van der Waals surface area (Å²) in [5.74, 6) is 0. The molecule has 0 spiro atoms. The van der Waals surface area contributed by atoms with E-state index in [2.05, 4.69) is 189 Å². The van der Waals surface area contributed by atoms with E-state index in [4.69, 9.17) is 13.3 Å². The lowest BCUT2D eigenvalue weighted by atomic mass is 9.82. The highest BCUT2D eigenvalue weighted by Gasteiger charge is 2.36. The number of rotatable bonds is 5. The van der Waals surface area contributed by atoms with Crippen molar-refractivity contribution in [2.24, 2.45) is 0 Å². The van der Waals surface area contributed by atoms with Crippen molar-refractivity contribution in [3.05, 3.63) is 199 Å². The van der Waals surface area contributed by atoms with Gasteiger partial charge < -0.3 is 18.2 Å². The lowest BCUT2D eigenvalue weighted by Crippen LogP contribution is -2.16. The van der Waals surface area contributed by atoms with Gasteiger partial charge in [0, 0.05) is 49.3 Å². The van der Waals surface area contributed by atoms with Gasteiger partial charge in [-0.3, -0.25) is 0 Å². The molecule has 1 aliphatic rings. The highest BCUT2D eigenvalue weighted by Crippen LogP contribution is 2.52. The number of benzene rings is 9. The lowest BCUT2D eigenvalue weighted by Gasteiger charge is -2.28. The number of furan rings is 3. The topological polar surface area (TPSA) is 42.7 Å². The molecule has 0 amide bonds. The molecule has 3 heterocycles. The SMILES string of the molecule is CC1(C)c2ccccc2-c2ccc(N(c3ccc(-c4ccc5oc6ccccc6c5c4)cc3)c3cccc4oc5cc6c(cc5c34)oc3c(-c4ccccc4)cccc36)cc21. The van der Waals surface area contributed by atoms with Crippen molar-refractivity contribution in [3.63, 3.8) is 0 Å². The third-order valence-electron chi connectivity index (χ3n) is 13.1. The standard InChI is InChI=1S/C57H37NO3/c1-57(2)47-18-8-6-14-40(47)41-28-27-38(31-48(41)57)58(37-25-22-34(23-26-37)36-24-29-51-44(30-36)42-15-7-9-20-50(42)59-51)49-19-11-21-52-55(49)46-33-53-45(32-54(46)60-52)43-17-10-16-39(56(43)61-53)35-12-4-3-5-13-35/h3-33H,1-2H3. The van der Waals surface area contributed by atoms with E-state index in [1.165, 1.54) is 22.3 Å². The minimum absolute atomic E-state index is 0.160. The van der Waals surface area contributed by atoms with Crippen molar-refractivity contribution in [1.29, 1.82) is 0 Å². The van der Waals surface area contributed by atoms with Crippen molar-refractivity contribution in [2.75, 3.05) is 4.90 Å². The minimum Gasteiger partial charge on any atom is -0.456 e. The summed E-state index contributed by atoms with van der Waals surface area (Å²) in [6.07, 6.45) is 0. The van der Waals surface area contributed by atoms with E-state index in [1.54, 1.807) is 0 Å². The Morgan fingerprint density at radius 1 is 0.361 bits per heavy atom. The first-order chi connectivity index (χ1) is 30.0. The predicted molar refractivity (Wildman–Crippen MR) is 251 cm³/mol. The maximum atomic E-state index is 6.78. The summed E-state index contributed by atoms with van der Waals surface area (Å²) >= 11 is 0. The van der Waals surface area contributed by atoms with Crippen LogP contribution in [0.4, 0.5) is 17.1 Å². The summed E-state index contributed by atoms with van der Waals surface area (Å²) in [6.45, 7) is 4.68.